The normalized spacial score (nSPS) is 10.6. The van der Waals surface area contributed by atoms with Crippen LogP contribution in [0.25, 0.3) is 5.52 Å². The Morgan fingerprint density at radius 1 is 1.20 bits per heavy atom. The fourth-order valence-corrected chi connectivity index (χ4v) is 2.38. The Morgan fingerprint density at radius 3 is 2.68 bits per heavy atom. The Hall–Kier alpha value is -3.22. The minimum absolute atomic E-state index is 0.135. The number of hydrogen-bond donors (Lipinski definition) is 1. The summed E-state index contributed by atoms with van der Waals surface area (Å²) in [5, 5.41) is 6.73. The first-order chi connectivity index (χ1) is 12.0. The van der Waals surface area contributed by atoms with Crippen LogP contribution in [0.2, 0.25) is 0 Å². The zero-order valence-electron chi connectivity index (χ0n) is 13.6. The molecule has 3 aromatic rings. The molecule has 0 atom stereocenters. The maximum atomic E-state index is 12.9. The molecule has 1 N–H and O–H groups in total. The molecule has 1 aromatic carbocycles. The number of amides is 2. The number of fused-ring (bicyclic) bond motifs is 1. The Morgan fingerprint density at radius 2 is 1.96 bits per heavy atom. The van der Waals surface area contributed by atoms with Crippen LogP contribution >= 0.6 is 0 Å². The number of nitrogens with zero attached hydrogens (tertiary/aromatic N) is 3. The van der Waals surface area contributed by atoms with Crippen LogP contribution in [0.1, 0.15) is 16.1 Å². The summed E-state index contributed by atoms with van der Waals surface area (Å²) in [5.74, 6) is -0.980. The van der Waals surface area contributed by atoms with Crippen LogP contribution in [0.4, 0.5) is 4.39 Å². The Kier molecular flexibility index (Phi) is 4.74. The zero-order valence-corrected chi connectivity index (χ0v) is 13.6. The number of pyridine rings is 1. The van der Waals surface area contributed by atoms with Gasteiger partial charge in [0.2, 0.25) is 5.91 Å². The van der Waals surface area contributed by atoms with Crippen molar-refractivity contribution in [3.63, 3.8) is 0 Å². The van der Waals surface area contributed by atoms with Crippen molar-refractivity contribution in [1.82, 2.24) is 19.8 Å². The predicted molar refractivity (Wildman–Crippen MR) is 90.4 cm³/mol. The molecule has 2 heterocycles. The molecule has 2 amide bonds. The number of likely N-dealkylation sites (N-methyl/N-ethyl adjacent to an activating group) is 1. The van der Waals surface area contributed by atoms with Gasteiger partial charge in [-0.1, -0.05) is 18.2 Å². The smallest absolute Gasteiger partial charge is 0.272 e. The molecule has 0 radical (unpaired) electrons. The third kappa shape index (κ3) is 4.00. The molecule has 25 heavy (non-hydrogen) atoms. The third-order valence-corrected chi connectivity index (χ3v) is 3.76. The van der Waals surface area contributed by atoms with Gasteiger partial charge in [-0.05, 0) is 35.9 Å². The fraction of sp³-hybridized carbons (Fsp3) is 0.167. The molecule has 0 unspecified atom stereocenters. The monoisotopic (exact) mass is 340 g/mol. The SMILES string of the molecule is CN(Cc1ccc(F)cc1)C(=O)CNC(=O)c1cc2ccccn2n1. The minimum Gasteiger partial charge on any atom is -0.342 e. The minimum atomic E-state index is -0.410. The van der Waals surface area contributed by atoms with Crippen molar-refractivity contribution in [3.05, 3.63) is 71.8 Å². The van der Waals surface area contributed by atoms with Crippen LogP contribution in [-0.2, 0) is 11.3 Å². The molecule has 0 aliphatic heterocycles. The molecule has 6 nitrogen and oxygen atoms in total. The second-order valence-electron chi connectivity index (χ2n) is 5.66. The van der Waals surface area contributed by atoms with E-state index >= 15 is 0 Å². The van der Waals surface area contributed by atoms with E-state index in [1.165, 1.54) is 17.0 Å². The van der Waals surface area contributed by atoms with Gasteiger partial charge in [-0.3, -0.25) is 9.59 Å². The van der Waals surface area contributed by atoms with E-state index in [1.54, 1.807) is 36.0 Å². The van der Waals surface area contributed by atoms with E-state index in [9.17, 15) is 14.0 Å². The lowest BCUT2D eigenvalue weighted by Gasteiger charge is -2.17. The molecule has 0 spiro atoms. The highest BCUT2D eigenvalue weighted by atomic mass is 19.1. The van der Waals surface area contributed by atoms with Crippen LogP contribution in [0, 0.1) is 5.82 Å². The average Bonchev–Trinajstić information content (AvgIpc) is 3.05. The van der Waals surface area contributed by atoms with Crippen molar-refractivity contribution >= 4 is 17.3 Å². The van der Waals surface area contributed by atoms with Crippen molar-refractivity contribution in [2.45, 2.75) is 6.54 Å². The van der Waals surface area contributed by atoms with E-state index in [0.717, 1.165) is 11.1 Å². The van der Waals surface area contributed by atoms with Gasteiger partial charge in [0.25, 0.3) is 5.91 Å². The van der Waals surface area contributed by atoms with E-state index in [2.05, 4.69) is 10.4 Å². The molecule has 2 aromatic heterocycles. The molecule has 0 aliphatic rings. The van der Waals surface area contributed by atoms with E-state index in [0.29, 0.717) is 6.54 Å². The second kappa shape index (κ2) is 7.12. The summed E-state index contributed by atoms with van der Waals surface area (Å²) >= 11 is 0. The van der Waals surface area contributed by atoms with Crippen molar-refractivity contribution in [2.24, 2.45) is 0 Å². The van der Waals surface area contributed by atoms with E-state index < -0.39 is 5.91 Å². The molecule has 0 saturated heterocycles. The van der Waals surface area contributed by atoms with Gasteiger partial charge >= 0.3 is 0 Å². The highest BCUT2D eigenvalue weighted by Gasteiger charge is 2.14. The second-order valence-corrected chi connectivity index (χ2v) is 5.66. The maximum Gasteiger partial charge on any atom is 0.272 e. The Balaban J connectivity index is 1.55. The summed E-state index contributed by atoms with van der Waals surface area (Å²) in [6, 6.07) is 13.1. The number of carbonyl (C=O) groups is 2. The van der Waals surface area contributed by atoms with Crippen molar-refractivity contribution in [3.8, 4) is 0 Å². The van der Waals surface area contributed by atoms with Gasteiger partial charge in [0.15, 0.2) is 5.69 Å². The number of aromatic nitrogens is 2. The number of carbonyl (C=O) groups excluding carboxylic acids is 2. The number of hydrogen-bond acceptors (Lipinski definition) is 3. The van der Waals surface area contributed by atoms with Crippen LogP contribution in [-0.4, -0.2) is 39.9 Å². The third-order valence-electron chi connectivity index (χ3n) is 3.76. The molecular formula is C18H17FN4O2. The Bertz CT molecular complexity index is 872. The molecular weight excluding hydrogens is 323 g/mol. The summed E-state index contributed by atoms with van der Waals surface area (Å²) in [6.07, 6.45) is 1.74. The summed E-state index contributed by atoms with van der Waals surface area (Å²) in [7, 11) is 1.63. The average molecular weight is 340 g/mol. The lowest BCUT2D eigenvalue weighted by molar-refractivity contribution is -0.129. The molecule has 0 saturated carbocycles. The van der Waals surface area contributed by atoms with E-state index in [-0.39, 0.29) is 24.0 Å². The summed E-state index contributed by atoms with van der Waals surface area (Å²) in [5.41, 5.74) is 1.86. The van der Waals surface area contributed by atoms with Gasteiger partial charge in [0.1, 0.15) is 5.82 Å². The number of benzene rings is 1. The first kappa shape index (κ1) is 16.6. The summed E-state index contributed by atoms with van der Waals surface area (Å²) in [4.78, 5) is 25.7. The molecule has 0 bridgehead atoms. The van der Waals surface area contributed by atoms with Crippen molar-refractivity contribution < 1.29 is 14.0 Å². The van der Waals surface area contributed by atoms with Crippen molar-refractivity contribution in [1.29, 1.82) is 0 Å². The molecule has 128 valence electrons. The number of nitrogens with one attached hydrogen (secondary N) is 1. The Labute approximate surface area is 143 Å². The zero-order chi connectivity index (χ0) is 17.8. The topological polar surface area (TPSA) is 66.7 Å². The summed E-state index contributed by atoms with van der Waals surface area (Å²) in [6.45, 7) is 0.202. The van der Waals surface area contributed by atoms with Crippen LogP contribution < -0.4 is 5.32 Å². The lowest BCUT2D eigenvalue weighted by atomic mass is 10.2. The maximum absolute atomic E-state index is 12.9. The van der Waals surface area contributed by atoms with Crippen LogP contribution in [0.15, 0.2) is 54.7 Å². The van der Waals surface area contributed by atoms with Crippen molar-refractivity contribution in [2.75, 3.05) is 13.6 Å². The van der Waals surface area contributed by atoms with Gasteiger partial charge in [-0.25, -0.2) is 8.91 Å². The van der Waals surface area contributed by atoms with E-state index in [4.69, 9.17) is 0 Å². The lowest BCUT2D eigenvalue weighted by Crippen LogP contribution is -2.37. The molecule has 0 aliphatic carbocycles. The van der Waals surface area contributed by atoms with E-state index in [1.807, 2.05) is 18.2 Å². The summed E-state index contributed by atoms with van der Waals surface area (Å²) < 4.78 is 14.5. The van der Waals surface area contributed by atoms with Crippen LogP contribution in [0.5, 0.6) is 0 Å². The predicted octanol–water partition coefficient (Wildman–Crippen LogP) is 1.86. The first-order valence-electron chi connectivity index (χ1n) is 7.74. The van der Waals surface area contributed by atoms with Gasteiger partial charge in [-0.15, -0.1) is 0 Å². The fourth-order valence-electron chi connectivity index (χ4n) is 2.38. The number of halogens is 1. The highest BCUT2D eigenvalue weighted by Crippen LogP contribution is 2.07. The highest BCUT2D eigenvalue weighted by molar-refractivity contribution is 5.95. The quantitative estimate of drug-likeness (QED) is 0.771. The van der Waals surface area contributed by atoms with Gasteiger partial charge < -0.3 is 10.2 Å². The molecule has 3 rings (SSSR count). The first-order valence-corrected chi connectivity index (χ1v) is 7.74. The largest absolute Gasteiger partial charge is 0.342 e. The van der Waals surface area contributed by atoms with Gasteiger partial charge in [0.05, 0.1) is 12.1 Å². The standard InChI is InChI=1S/C18H17FN4O2/c1-22(12-13-5-7-14(19)8-6-13)17(24)11-20-18(25)16-10-15-4-2-3-9-23(15)21-16/h2-10H,11-12H2,1H3,(H,20,25). The van der Waals surface area contributed by atoms with Crippen LogP contribution in [0.3, 0.4) is 0 Å². The van der Waals surface area contributed by atoms with Gasteiger partial charge in [0, 0.05) is 19.8 Å². The molecule has 0 fully saturated rings. The van der Waals surface area contributed by atoms with Gasteiger partial charge in [-0.2, -0.15) is 5.10 Å². The number of rotatable bonds is 5. The molecule has 7 heteroatoms.